The number of carbonyl (C=O) groups is 2. The van der Waals surface area contributed by atoms with Crippen LogP contribution in [0.25, 0.3) is 0 Å². The Morgan fingerprint density at radius 1 is 0.536 bits per heavy atom. The second-order valence-electron chi connectivity index (χ2n) is 7.33. The summed E-state index contributed by atoms with van der Waals surface area (Å²) in [7, 11) is 2.90. The lowest BCUT2D eigenvalue weighted by Crippen LogP contribution is -1.99. The molecule has 0 rings (SSSR count). The molecule has 0 amide bonds. The molecule has 0 radical (unpaired) electrons. The molecule has 0 aliphatic carbocycles. The van der Waals surface area contributed by atoms with Crippen LogP contribution in [0.5, 0.6) is 0 Å². The molecule has 4 nitrogen and oxygen atoms in total. The van der Waals surface area contributed by atoms with Gasteiger partial charge >= 0.3 is 11.9 Å². The lowest BCUT2D eigenvalue weighted by Gasteiger charge is -2.00. The molecule has 162 valence electrons. The van der Waals surface area contributed by atoms with Crippen molar-refractivity contribution in [3.05, 3.63) is 24.3 Å². The van der Waals surface area contributed by atoms with Crippen molar-refractivity contribution in [2.75, 3.05) is 14.2 Å². The van der Waals surface area contributed by atoms with Crippen molar-refractivity contribution < 1.29 is 19.1 Å². The molecule has 0 atom stereocenters. The Kier molecular flexibility index (Phi) is 20.5. The molecule has 0 saturated carbocycles. The fourth-order valence-electron chi connectivity index (χ4n) is 3.03. The summed E-state index contributed by atoms with van der Waals surface area (Å²) in [5.41, 5.74) is 0. The third-order valence-corrected chi connectivity index (χ3v) is 4.84. The zero-order valence-electron chi connectivity index (χ0n) is 18.3. The van der Waals surface area contributed by atoms with Gasteiger partial charge in [0.05, 0.1) is 14.2 Å². The number of unbranched alkanes of at least 4 members (excludes halogenated alkanes) is 12. The maximum atomic E-state index is 11.0. The number of esters is 2. The summed E-state index contributed by atoms with van der Waals surface area (Å²) in [6.07, 6.45) is 26.4. The van der Waals surface area contributed by atoms with Crippen LogP contribution in [-0.2, 0) is 19.1 Å². The molecule has 0 aromatic carbocycles. The topological polar surface area (TPSA) is 52.6 Å². The number of methoxy groups -OCH3 is 2. The molecule has 0 N–H and O–H groups in total. The van der Waals surface area contributed by atoms with Gasteiger partial charge in [-0.05, 0) is 38.5 Å². The molecule has 0 fully saturated rings. The second kappa shape index (κ2) is 21.7. The van der Waals surface area contributed by atoms with Gasteiger partial charge in [0, 0.05) is 12.8 Å². The number of ether oxygens (including phenoxy) is 2. The zero-order valence-corrected chi connectivity index (χ0v) is 18.3. The van der Waals surface area contributed by atoms with E-state index in [0.717, 1.165) is 38.5 Å². The van der Waals surface area contributed by atoms with Crippen LogP contribution in [0.2, 0.25) is 0 Å². The SMILES string of the molecule is COC(=O)CCCCCCCCC=CC=CCCCCCCCCC(=O)OC. The molecule has 0 aromatic rings. The monoisotopic (exact) mass is 394 g/mol. The van der Waals surface area contributed by atoms with Crippen LogP contribution >= 0.6 is 0 Å². The van der Waals surface area contributed by atoms with Gasteiger partial charge in [0.25, 0.3) is 0 Å². The molecule has 0 spiro atoms. The zero-order chi connectivity index (χ0) is 20.7. The van der Waals surface area contributed by atoms with Crippen LogP contribution < -0.4 is 0 Å². The van der Waals surface area contributed by atoms with E-state index in [9.17, 15) is 9.59 Å². The lowest BCUT2D eigenvalue weighted by atomic mass is 10.1. The molecular formula is C24H42O4. The molecule has 28 heavy (non-hydrogen) atoms. The molecule has 4 heteroatoms. The first-order valence-corrected chi connectivity index (χ1v) is 11.2. The van der Waals surface area contributed by atoms with Gasteiger partial charge in [0.15, 0.2) is 0 Å². The van der Waals surface area contributed by atoms with Crippen LogP contribution in [0.3, 0.4) is 0 Å². The van der Waals surface area contributed by atoms with Gasteiger partial charge in [-0.1, -0.05) is 75.7 Å². The van der Waals surface area contributed by atoms with Crippen LogP contribution in [0, 0.1) is 0 Å². The van der Waals surface area contributed by atoms with Gasteiger partial charge in [-0.15, -0.1) is 0 Å². The minimum atomic E-state index is -0.0920. The minimum absolute atomic E-state index is 0.0920. The first-order chi connectivity index (χ1) is 13.7. The van der Waals surface area contributed by atoms with Crippen LogP contribution in [0.15, 0.2) is 24.3 Å². The standard InChI is InChI=1S/C24H42O4/c1-27-23(25)21-19-17-15-13-11-9-7-5-3-4-6-8-10-12-14-16-18-20-22-24(26)28-2/h3-6H,7-22H2,1-2H3. The summed E-state index contributed by atoms with van der Waals surface area (Å²) in [4.78, 5) is 21.9. The van der Waals surface area contributed by atoms with E-state index in [0.29, 0.717) is 12.8 Å². The van der Waals surface area contributed by atoms with Crippen molar-refractivity contribution in [2.45, 2.75) is 103 Å². The first-order valence-electron chi connectivity index (χ1n) is 11.2. The van der Waals surface area contributed by atoms with Crippen molar-refractivity contribution in [2.24, 2.45) is 0 Å². The summed E-state index contributed by atoms with van der Waals surface area (Å²) >= 11 is 0. The van der Waals surface area contributed by atoms with Gasteiger partial charge in [0.2, 0.25) is 0 Å². The van der Waals surface area contributed by atoms with Crippen molar-refractivity contribution in [3.8, 4) is 0 Å². The highest BCUT2D eigenvalue weighted by Crippen LogP contribution is 2.10. The second-order valence-corrected chi connectivity index (χ2v) is 7.33. The molecule has 0 aromatic heterocycles. The van der Waals surface area contributed by atoms with E-state index in [4.69, 9.17) is 0 Å². The van der Waals surface area contributed by atoms with Crippen molar-refractivity contribution in [1.29, 1.82) is 0 Å². The third kappa shape index (κ3) is 20.7. The maximum absolute atomic E-state index is 11.0. The Hall–Kier alpha value is -1.58. The van der Waals surface area contributed by atoms with E-state index in [-0.39, 0.29) is 11.9 Å². The normalized spacial score (nSPS) is 11.4. The summed E-state index contributed by atoms with van der Waals surface area (Å²) in [6.45, 7) is 0. The van der Waals surface area contributed by atoms with Crippen LogP contribution in [-0.4, -0.2) is 26.2 Å². The number of rotatable bonds is 19. The molecular weight excluding hydrogens is 352 g/mol. The largest absolute Gasteiger partial charge is 0.469 e. The van der Waals surface area contributed by atoms with E-state index in [1.165, 1.54) is 65.6 Å². The number of allylic oxidation sites excluding steroid dienone is 4. The fourth-order valence-corrected chi connectivity index (χ4v) is 3.03. The van der Waals surface area contributed by atoms with Gasteiger partial charge < -0.3 is 9.47 Å². The van der Waals surface area contributed by atoms with E-state index in [1.807, 2.05) is 0 Å². The molecule has 0 aliphatic heterocycles. The van der Waals surface area contributed by atoms with Crippen molar-refractivity contribution in [1.82, 2.24) is 0 Å². The van der Waals surface area contributed by atoms with Crippen LogP contribution in [0.1, 0.15) is 103 Å². The summed E-state index contributed by atoms with van der Waals surface area (Å²) in [5, 5.41) is 0. The van der Waals surface area contributed by atoms with Gasteiger partial charge in [0.1, 0.15) is 0 Å². The maximum Gasteiger partial charge on any atom is 0.305 e. The Labute approximate surface area is 172 Å². The van der Waals surface area contributed by atoms with E-state index < -0.39 is 0 Å². The quantitative estimate of drug-likeness (QED) is 0.139. The van der Waals surface area contributed by atoms with Crippen LogP contribution in [0.4, 0.5) is 0 Å². The predicted octanol–water partition coefficient (Wildman–Crippen LogP) is 6.69. The highest BCUT2D eigenvalue weighted by Gasteiger charge is 1.99. The Morgan fingerprint density at radius 3 is 1.21 bits per heavy atom. The van der Waals surface area contributed by atoms with Gasteiger partial charge in [-0.3, -0.25) is 9.59 Å². The highest BCUT2D eigenvalue weighted by molar-refractivity contribution is 5.69. The Bertz CT molecular complexity index is 386. The molecule has 0 saturated heterocycles. The average Bonchev–Trinajstić information content (AvgIpc) is 2.71. The number of hydrogen-bond acceptors (Lipinski definition) is 4. The minimum Gasteiger partial charge on any atom is -0.469 e. The predicted molar refractivity (Wildman–Crippen MR) is 116 cm³/mol. The smallest absolute Gasteiger partial charge is 0.305 e. The number of carbonyl (C=O) groups excluding carboxylic acids is 2. The summed E-state index contributed by atoms with van der Waals surface area (Å²) < 4.78 is 9.26. The summed E-state index contributed by atoms with van der Waals surface area (Å²) in [5.74, 6) is -0.184. The van der Waals surface area contributed by atoms with Crippen molar-refractivity contribution in [3.63, 3.8) is 0 Å². The average molecular weight is 395 g/mol. The van der Waals surface area contributed by atoms with E-state index in [2.05, 4.69) is 33.8 Å². The van der Waals surface area contributed by atoms with Gasteiger partial charge in [-0.2, -0.15) is 0 Å². The highest BCUT2D eigenvalue weighted by atomic mass is 16.5. The molecule has 0 aliphatic rings. The third-order valence-electron chi connectivity index (χ3n) is 4.84. The Balaban J connectivity index is 3.24. The Morgan fingerprint density at radius 2 is 0.857 bits per heavy atom. The van der Waals surface area contributed by atoms with Crippen molar-refractivity contribution >= 4 is 11.9 Å². The van der Waals surface area contributed by atoms with E-state index >= 15 is 0 Å². The fraction of sp³-hybridized carbons (Fsp3) is 0.750. The molecule has 0 heterocycles. The lowest BCUT2D eigenvalue weighted by molar-refractivity contribution is -0.141. The first kappa shape index (κ1) is 26.4. The number of hydrogen-bond donors (Lipinski definition) is 0. The van der Waals surface area contributed by atoms with Gasteiger partial charge in [-0.25, -0.2) is 0 Å². The summed E-state index contributed by atoms with van der Waals surface area (Å²) in [6, 6.07) is 0. The molecule has 0 unspecified atom stereocenters. The molecule has 0 bridgehead atoms. The van der Waals surface area contributed by atoms with E-state index in [1.54, 1.807) is 0 Å².